The number of aromatic carboxylic acids is 1. The Kier molecular flexibility index (Phi) is 3.48. The summed E-state index contributed by atoms with van der Waals surface area (Å²) in [6.45, 7) is 0.202. The summed E-state index contributed by atoms with van der Waals surface area (Å²) >= 11 is 0. The number of hydrogen-bond donors (Lipinski definition) is 2. The van der Waals surface area contributed by atoms with Gasteiger partial charge in [-0.05, 0) is 30.3 Å². The van der Waals surface area contributed by atoms with Crippen LogP contribution in [0.2, 0.25) is 0 Å². The van der Waals surface area contributed by atoms with Crippen LogP contribution < -0.4 is 5.32 Å². The molecule has 6 heteroatoms. The fourth-order valence-corrected chi connectivity index (χ4v) is 1.53. The Morgan fingerprint density at radius 2 is 2.21 bits per heavy atom. The highest BCUT2D eigenvalue weighted by atomic mass is 19.1. The first-order chi connectivity index (χ1) is 9.10. The molecule has 96 valence electrons. The van der Waals surface area contributed by atoms with Gasteiger partial charge in [0.2, 0.25) is 5.76 Å². The molecule has 0 aliphatic heterocycles. The Bertz CT molecular complexity index is 658. The van der Waals surface area contributed by atoms with Gasteiger partial charge in [0.1, 0.15) is 17.6 Å². The smallest absolute Gasteiger partial charge is 0.371 e. The lowest BCUT2D eigenvalue weighted by Crippen LogP contribution is -2.01. The van der Waals surface area contributed by atoms with E-state index in [2.05, 4.69) is 5.32 Å². The summed E-state index contributed by atoms with van der Waals surface area (Å²) < 4.78 is 18.0. The van der Waals surface area contributed by atoms with Crippen LogP contribution in [0.5, 0.6) is 0 Å². The second kappa shape index (κ2) is 5.23. The molecule has 0 aliphatic rings. The Morgan fingerprint density at radius 1 is 1.42 bits per heavy atom. The van der Waals surface area contributed by atoms with Gasteiger partial charge in [0.25, 0.3) is 0 Å². The van der Waals surface area contributed by atoms with Crippen LogP contribution in [-0.2, 0) is 6.54 Å². The van der Waals surface area contributed by atoms with Crippen LogP contribution in [-0.4, -0.2) is 11.1 Å². The van der Waals surface area contributed by atoms with E-state index in [9.17, 15) is 9.18 Å². The summed E-state index contributed by atoms with van der Waals surface area (Å²) in [5, 5.41) is 20.4. The van der Waals surface area contributed by atoms with Gasteiger partial charge in [-0.25, -0.2) is 9.18 Å². The van der Waals surface area contributed by atoms with Gasteiger partial charge in [-0.1, -0.05) is 0 Å². The van der Waals surface area contributed by atoms with Crippen molar-refractivity contribution in [2.24, 2.45) is 0 Å². The van der Waals surface area contributed by atoms with Gasteiger partial charge in [-0.15, -0.1) is 0 Å². The third kappa shape index (κ3) is 2.90. The molecule has 0 unspecified atom stereocenters. The average Bonchev–Trinajstić information content (AvgIpc) is 2.86. The number of nitrogens with one attached hydrogen (secondary N) is 1. The maximum Gasteiger partial charge on any atom is 0.371 e. The lowest BCUT2D eigenvalue weighted by molar-refractivity contribution is 0.0660. The highest BCUT2D eigenvalue weighted by Crippen LogP contribution is 2.17. The molecule has 0 spiro atoms. The minimum atomic E-state index is -1.15. The van der Waals surface area contributed by atoms with Gasteiger partial charge in [0, 0.05) is 0 Å². The highest BCUT2D eigenvalue weighted by molar-refractivity contribution is 5.84. The summed E-state index contributed by atoms with van der Waals surface area (Å²) in [5.41, 5.74) is 0.627. The maximum atomic E-state index is 12.9. The van der Waals surface area contributed by atoms with Crippen molar-refractivity contribution in [3.8, 4) is 6.07 Å². The van der Waals surface area contributed by atoms with Crippen LogP contribution in [0.3, 0.4) is 0 Å². The number of furan rings is 1. The summed E-state index contributed by atoms with van der Waals surface area (Å²) in [7, 11) is 0. The Hall–Kier alpha value is -2.81. The average molecular weight is 260 g/mol. The molecule has 1 aromatic carbocycles. The van der Waals surface area contributed by atoms with E-state index < -0.39 is 11.8 Å². The van der Waals surface area contributed by atoms with E-state index in [1.807, 2.05) is 6.07 Å². The van der Waals surface area contributed by atoms with Crippen molar-refractivity contribution in [3.63, 3.8) is 0 Å². The summed E-state index contributed by atoms with van der Waals surface area (Å²) in [6, 6.07) is 8.52. The second-order valence-electron chi connectivity index (χ2n) is 3.73. The second-order valence-corrected chi connectivity index (χ2v) is 3.73. The first-order valence-corrected chi connectivity index (χ1v) is 5.35. The molecule has 0 saturated carbocycles. The maximum absolute atomic E-state index is 12.9. The van der Waals surface area contributed by atoms with Crippen molar-refractivity contribution in [2.45, 2.75) is 6.54 Å². The zero-order valence-corrected chi connectivity index (χ0v) is 9.68. The largest absolute Gasteiger partial charge is 0.475 e. The van der Waals surface area contributed by atoms with Gasteiger partial charge in [0.15, 0.2) is 0 Å². The number of nitriles is 1. The van der Waals surface area contributed by atoms with Crippen molar-refractivity contribution >= 4 is 11.7 Å². The molecular formula is C13H9FN2O3. The number of rotatable bonds is 4. The minimum absolute atomic E-state index is 0.156. The van der Waals surface area contributed by atoms with Crippen molar-refractivity contribution in [3.05, 3.63) is 53.2 Å². The Morgan fingerprint density at radius 3 is 2.84 bits per heavy atom. The molecule has 1 aromatic heterocycles. The number of carbonyl (C=O) groups is 1. The molecule has 0 bridgehead atoms. The van der Waals surface area contributed by atoms with E-state index in [0.717, 1.165) is 6.07 Å². The van der Waals surface area contributed by atoms with Crippen LogP contribution in [0.25, 0.3) is 0 Å². The number of carboxylic acid groups (broad SMARTS) is 1. The zero-order valence-electron chi connectivity index (χ0n) is 9.68. The van der Waals surface area contributed by atoms with E-state index in [1.54, 1.807) is 0 Å². The van der Waals surface area contributed by atoms with Crippen LogP contribution in [0.15, 0.2) is 34.7 Å². The third-order valence-electron chi connectivity index (χ3n) is 2.43. The predicted octanol–water partition coefficient (Wildman–Crippen LogP) is 2.60. The van der Waals surface area contributed by atoms with Crippen molar-refractivity contribution < 1.29 is 18.7 Å². The molecule has 19 heavy (non-hydrogen) atoms. The summed E-state index contributed by atoms with van der Waals surface area (Å²) in [4.78, 5) is 10.6. The minimum Gasteiger partial charge on any atom is -0.475 e. The first-order valence-electron chi connectivity index (χ1n) is 5.35. The van der Waals surface area contributed by atoms with E-state index in [0.29, 0.717) is 11.4 Å². The quantitative estimate of drug-likeness (QED) is 0.882. The molecular weight excluding hydrogens is 251 g/mol. The summed E-state index contributed by atoms with van der Waals surface area (Å²) in [6.07, 6.45) is 0. The topological polar surface area (TPSA) is 86.3 Å². The van der Waals surface area contributed by atoms with E-state index in [1.165, 1.54) is 24.3 Å². The number of carboxylic acids is 1. The fraction of sp³-hybridized carbons (Fsp3) is 0.0769. The molecule has 5 nitrogen and oxygen atoms in total. The molecule has 1 heterocycles. The van der Waals surface area contributed by atoms with Crippen molar-refractivity contribution in [2.75, 3.05) is 5.32 Å². The molecule has 0 fully saturated rings. The predicted molar refractivity (Wildman–Crippen MR) is 64.1 cm³/mol. The standard InChI is InChI=1S/C13H9FN2O3/c14-9-1-3-11(8(5-9)6-15)16-7-10-2-4-12(19-10)13(17)18/h1-5,16H,7H2,(H,17,18). The van der Waals surface area contributed by atoms with Gasteiger partial charge in [-0.3, -0.25) is 0 Å². The van der Waals surface area contributed by atoms with E-state index in [-0.39, 0.29) is 17.9 Å². The summed E-state index contributed by atoms with van der Waals surface area (Å²) in [5.74, 6) is -1.39. The highest BCUT2D eigenvalue weighted by Gasteiger charge is 2.09. The van der Waals surface area contributed by atoms with E-state index >= 15 is 0 Å². The Balaban J connectivity index is 2.10. The lowest BCUT2D eigenvalue weighted by atomic mass is 10.2. The molecule has 0 radical (unpaired) electrons. The molecule has 0 saturated heterocycles. The van der Waals surface area contributed by atoms with Crippen LogP contribution in [0, 0.1) is 17.1 Å². The monoisotopic (exact) mass is 260 g/mol. The number of hydrogen-bond acceptors (Lipinski definition) is 4. The zero-order chi connectivity index (χ0) is 13.8. The lowest BCUT2D eigenvalue weighted by Gasteiger charge is -2.06. The SMILES string of the molecule is N#Cc1cc(F)ccc1NCc1ccc(C(=O)O)o1. The number of nitrogens with zero attached hydrogens (tertiary/aromatic N) is 1. The van der Waals surface area contributed by atoms with Gasteiger partial charge in [-0.2, -0.15) is 5.26 Å². The molecule has 2 N–H and O–H groups in total. The molecule has 2 aromatic rings. The van der Waals surface area contributed by atoms with Gasteiger partial charge in [0.05, 0.1) is 17.8 Å². The first kappa shape index (κ1) is 12.6. The molecule has 0 amide bonds. The third-order valence-corrected chi connectivity index (χ3v) is 2.43. The number of halogens is 1. The number of anilines is 1. The molecule has 0 atom stereocenters. The van der Waals surface area contributed by atoms with Gasteiger partial charge < -0.3 is 14.8 Å². The van der Waals surface area contributed by atoms with Crippen LogP contribution >= 0.6 is 0 Å². The Labute approximate surface area is 107 Å². The van der Waals surface area contributed by atoms with Crippen molar-refractivity contribution in [1.82, 2.24) is 0 Å². The number of benzene rings is 1. The fourth-order valence-electron chi connectivity index (χ4n) is 1.53. The molecule has 0 aliphatic carbocycles. The van der Waals surface area contributed by atoms with Crippen molar-refractivity contribution in [1.29, 1.82) is 5.26 Å². The van der Waals surface area contributed by atoms with Crippen LogP contribution in [0.1, 0.15) is 21.9 Å². The van der Waals surface area contributed by atoms with Crippen LogP contribution in [0.4, 0.5) is 10.1 Å². The van der Waals surface area contributed by atoms with E-state index in [4.69, 9.17) is 14.8 Å². The molecule has 2 rings (SSSR count). The normalized spacial score (nSPS) is 9.89. The van der Waals surface area contributed by atoms with Gasteiger partial charge >= 0.3 is 5.97 Å².